The van der Waals surface area contributed by atoms with Gasteiger partial charge in [0.25, 0.3) is 0 Å². The Morgan fingerprint density at radius 2 is 1.75 bits per heavy atom. The van der Waals surface area contributed by atoms with E-state index < -0.39 is 17.8 Å². The predicted octanol–water partition coefficient (Wildman–Crippen LogP) is 2.11. The van der Waals surface area contributed by atoms with E-state index in [0.29, 0.717) is 12.8 Å². The van der Waals surface area contributed by atoms with Crippen molar-refractivity contribution in [3.05, 3.63) is 47.8 Å². The first-order chi connectivity index (χ1) is 9.58. The van der Waals surface area contributed by atoms with E-state index in [9.17, 15) is 14.0 Å². The Bertz CT molecular complexity index is 524. The molecular formula is C15H16FNO3. The van der Waals surface area contributed by atoms with Crippen molar-refractivity contribution in [1.29, 1.82) is 0 Å². The van der Waals surface area contributed by atoms with Crippen molar-refractivity contribution in [2.75, 3.05) is 0 Å². The van der Waals surface area contributed by atoms with Gasteiger partial charge < -0.3 is 10.4 Å². The molecule has 1 aromatic carbocycles. The number of hydrogen-bond acceptors (Lipinski definition) is 2. The summed E-state index contributed by atoms with van der Waals surface area (Å²) in [4.78, 5) is 23.2. The highest BCUT2D eigenvalue weighted by Gasteiger charge is 2.33. The molecule has 0 radical (unpaired) electrons. The quantitative estimate of drug-likeness (QED) is 0.828. The average Bonchev–Trinajstić information content (AvgIpc) is 2.46. The standard InChI is InChI=1S/C15H16FNO3/c16-11-7-5-10(6-8-11)9-17-14(18)12-3-1-2-4-13(12)15(19)20/h1-2,5-8,12-13H,3-4,9H2,(H,17,18)(H,19,20)/t12-,13-/m1/s1. The normalized spacial score (nSPS) is 21.4. The summed E-state index contributed by atoms with van der Waals surface area (Å²) in [5, 5.41) is 11.8. The van der Waals surface area contributed by atoms with Crippen molar-refractivity contribution in [2.45, 2.75) is 19.4 Å². The number of carbonyl (C=O) groups is 2. The Kier molecular flexibility index (Phi) is 4.50. The number of carboxylic acid groups (broad SMARTS) is 1. The molecule has 20 heavy (non-hydrogen) atoms. The highest BCUT2D eigenvalue weighted by atomic mass is 19.1. The summed E-state index contributed by atoms with van der Waals surface area (Å²) in [5.74, 6) is -2.77. The van der Waals surface area contributed by atoms with Crippen LogP contribution < -0.4 is 5.32 Å². The van der Waals surface area contributed by atoms with Crippen molar-refractivity contribution >= 4 is 11.9 Å². The first kappa shape index (κ1) is 14.2. The number of nitrogens with one attached hydrogen (secondary N) is 1. The lowest BCUT2D eigenvalue weighted by molar-refractivity contribution is -0.147. The fourth-order valence-corrected chi connectivity index (χ4v) is 2.30. The van der Waals surface area contributed by atoms with Crippen molar-refractivity contribution in [3.8, 4) is 0 Å². The third-order valence-electron chi connectivity index (χ3n) is 3.47. The predicted molar refractivity (Wildman–Crippen MR) is 71.2 cm³/mol. The zero-order valence-corrected chi connectivity index (χ0v) is 10.9. The number of carbonyl (C=O) groups excluding carboxylic acids is 1. The van der Waals surface area contributed by atoms with Crippen LogP contribution in [0.15, 0.2) is 36.4 Å². The average molecular weight is 277 g/mol. The second kappa shape index (κ2) is 6.32. The van der Waals surface area contributed by atoms with Gasteiger partial charge in [-0.05, 0) is 30.5 Å². The molecule has 1 aliphatic carbocycles. The summed E-state index contributed by atoms with van der Waals surface area (Å²) in [5.41, 5.74) is 0.776. The molecule has 0 saturated heterocycles. The van der Waals surface area contributed by atoms with Gasteiger partial charge in [-0.2, -0.15) is 0 Å². The van der Waals surface area contributed by atoms with Gasteiger partial charge in [0.1, 0.15) is 5.82 Å². The van der Waals surface area contributed by atoms with E-state index in [-0.39, 0.29) is 18.3 Å². The molecule has 0 aliphatic heterocycles. The number of aliphatic carboxylic acids is 1. The molecule has 1 amide bonds. The maximum absolute atomic E-state index is 12.8. The molecule has 0 saturated carbocycles. The van der Waals surface area contributed by atoms with E-state index >= 15 is 0 Å². The smallest absolute Gasteiger partial charge is 0.307 e. The van der Waals surface area contributed by atoms with Crippen LogP contribution in [-0.2, 0) is 16.1 Å². The van der Waals surface area contributed by atoms with Crippen LogP contribution in [0, 0.1) is 17.7 Å². The number of rotatable bonds is 4. The minimum absolute atomic E-state index is 0.270. The molecule has 0 unspecified atom stereocenters. The van der Waals surface area contributed by atoms with Crippen LogP contribution in [0.4, 0.5) is 4.39 Å². The van der Waals surface area contributed by atoms with Crippen LogP contribution in [0.3, 0.4) is 0 Å². The van der Waals surface area contributed by atoms with E-state index in [2.05, 4.69) is 5.32 Å². The lowest BCUT2D eigenvalue weighted by atomic mass is 9.82. The minimum Gasteiger partial charge on any atom is -0.481 e. The molecule has 2 N–H and O–H groups in total. The van der Waals surface area contributed by atoms with E-state index in [1.165, 1.54) is 12.1 Å². The van der Waals surface area contributed by atoms with Crippen LogP contribution >= 0.6 is 0 Å². The van der Waals surface area contributed by atoms with E-state index in [1.807, 2.05) is 6.08 Å². The number of amides is 1. The van der Waals surface area contributed by atoms with E-state index in [1.54, 1.807) is 18.2 Å². The van der Waals surface area contributed by atoms with Crippen molar-refractivity contribution in [2.24, 2.45) is 11.8 Å². The number of halogens is 1. The molecule has 0 fully saturated rings. The molecule has 0 aromatic heterocycles. The molecule has 0 spiro atoms. The highest BCUT2D eigenvalue weighted by molar-refractivity contribution is 5.85. The van der Waals surface area contributed by atoms with E-state index in [4.69, 9.17) is 5.11 Å². The lowest BCUT2D eigenvalue weighted by Gasteiger charge is -2.24. The zero-order valence-electron chi connectivity index (χ0n) is 10.9. The van der Waals surface area contributed by atoms with Crippen LogP contribution in [0.1, 0.15) is 18.4 Å². The highest BCUT2D eigenvalue weighted by Crippen LogP contribution is 2.26. The van der Waals surface area contributed by atoms with Crippen molar-refractivity contribution < 1.29 is 19.1 Å². The lowest BCUT2D eigenvalue weighted by Crippen LogP contribution is -2.38. The van der Waals surface area contributed by atoms with Crippen LogP contribution in [-0.4, -0.2) is 17.0 Å². The summed E-state index contributed by atoms with van der Waals surface area (Å²) in [6, 6.07) is 5.83. The summed E-state index contributed by atoms with van der Waals surface area (Å²) in [7, 11) is 0. The Balaban J connectivity index is 1.95. The van der Waals surface area contributed by atoms with Crippen LogP contribution in [0.2, 0.25) is 0 Å². The zero-order chi connectivity index (χ0) is 14.5. The Labute approximate surface area is 116 Å². The fourth-order valence-electron chi connectivity index (χ4n) is 2.30. The number of benzene rings is 1. The molecule has 1 aromatic rings. The third kappa shape index (κ3) is 3.44. The SMILES string of the molecule is O=C(O)[C@@H]1CC=CC[C@H]1C(=O)NCc1ccc(F)cc1. The first-order valence-corrected chi connectivity index (χ1v) is 6.48. The van der Waals surface area contributed by atoms with Gasteiger partial charge in [0.2, 0.25) is 5.91 Å². The molecule has 2 atom stereocenters. The van der Waals surface area contributed by atoms with Gasteiger partial charge in [-0.25, -0.2) is 4.39 Å². The van der Waals surface area contributed by atoms with Gasteiger partial charge in [0, 0.05) is 6.54 Å². The second-order valence-corrected chi connectivity index (χ2v) is 4.84. The summed E-state index contributed by atoms with van der Waals surface area (Å²) >= 11 is 0. The minimum atomic E-state index is -0.948. The van der Waals surface area contributed by atoms with Gasteiger partial charge in [-0.3, -0.25) is 9.59 Å². The summed E-state index contributed by atoms with van der Waals surface area (Å²) < 4.78 is 12.8. The molecule has 5 heteroatoms. The van der Waals surface area contributed by atoms with Gasteiger partial charge >= 0.3 is 5.97 Å². The van der Waals surface area contributed by atoms with Crippen molar-refractivity contribution in [1.82, 2.24) is 5.32 Å². The third-order valence-corrected chi connectivity index (χ3v) is 3.47. The van der Waals surface area contributed by atoms with Gasteiger partial charge in [0.15, 0.2) is 0 Å². The van der Waals surface area contributed by atoms with E-state index in [0.717, 1.165) is 5.56 Å². The Morgan fingerprint density at radius 3 is 2.35 bits per heavy atom. The largest absolute Gasteiger partial charge is 0.481 e. The van der Waals surface area contributed by atoms with Gasteiger partial charge in [-0.15, -0.1) is 0 Å². The number of hydrogen-bond donors (Lipinski definition) is 2. The topological polar surface area (TPSA) is 66.4 Å². The van der Waals surface area contributed by atoms with Gasteiger partial charge in [-0.1, -0.05) is 24.3 Å². The molecular weight excluding hydrogens is 261 g/mol. The number of allylic oxidation sites excluding steroid dienone is 2. The molecule has 2 rings (SSSR count). The van der Waals surface area contributed by atoms with Crippen LogP contribution in [0.5, 0.6) is 0 Å². The molecule has 106 valence electrons. The monoisotopic (exact) mass is 277 g/mol. The maximum Gasteiger partial charge on any atom is 0.307 e. The summed E-state index contributed by atoms with van der Waals surface area (Å²) in [6.07, 6.45) is 4.44. The summed E-state index contributed by atoms with van der Waals surface area (Å²) in [6.45, 7) is 0.270. The maximum atomic E-state index is 12.8. The van der Waals surface area contributed by atoms with Crippen molar-refractivity contribution in [3.63, 3.8) is 0 Å². The Morgan fingerprint density at radius 1 is 1.15 bits per heavy atom. The second-order valence-electron chi connectivity index (χ2n) is 4.84. The van der Waals surface area contributed by atoms with Crippen LogP contribution in [0.25, 0.3) is 0 Å². The molecule has 0 bridgehead atoms. The first-order valence-electron chi connectivity index (χ1n) is 6.48. The Hall–Kier alpha value is -2.17. The number of carboxylic acids is 1. The molecule has 1 aliphatic rings. The molecule has 0 heterocycles. The fraction of sp³-hybridized carbons (Fsp3) is 0.333. The van der Waals surface area contributed by atoms with Gasteiger partial charge in [0.05, 0.1) is 11.8 Å². The molecule has 4 nitrogen and oxygen atoms in total.